The van der Waals surface area contributed by atoms with E-state index >= 15 is 0 Å². The third-order valence-electron chi connectivity index (χ3n) is 3.41. The van der Waals surface area contributed by atoms with Crippen molar-refractivity contribution in [2.75, 3.05) is 6.61 Å². The van der Waals surface area contributed by atoms with Crippen LogP contribution in [0.1, 0.15) is 15.9 Å². The largest absolute Gasteiger partial charge is 0.485 e. The normalized spacial score (nSPS) is 10.6. The monoisotopic (exact) mass is 294 g/mol. The summed E-state index contributed by atoms with van der Waals surface area (Å²) >= 11 is 0. The molecule has 0 N–H and O–H groups in total. The quantitative estimate of drug-likeness (QED) is 0.547. The Morgan fingerprint density at radius 1 is 1.09 bits per heavy atom. The smallest absolute Gasteiger partial charge is 0.336 e. The van der Waals surface area contributed by atoms with Gasteiger partial charge >= 0.3 is 5.63 Å². The number of aryl methyl sites for hydroxylation is 1. The lowest BCUT2D eigenvalue weighted by molar-refractivity contribution is 0.0921. The van der Waals surface area contributed by atoms with Crippen molar-refractivity contribution < 1.29 is 13.9 Å². The molecule has 0 aliphatic rings. The molecule has 0 unspecified atom stereocenters. The van der Waals surface area contributed by atoms with E-state index in [9.17, 15) is 9.59 Å². The fourth-order valence-electron chi connectivity index (χ4n) is 2.24. The molecule has 0 aliphatic heterocycles. The summed E-state index contributed by atoms with van der Waals surface area (Å²) in [6.07, 6.45) is 0. The lowest BCUT2D eigenvalue weighted by atomic mass is 10.1. The van der Waals surface area contributed by atoms with Gasteiger partial charge in [0.1, 0.15) is 11.3 Å². The first-order chi connectivity index (χ1) is 10.6. The summed E-state index contributed by atoms with van der Waals surface area (Å²) in [7, 11) is 0. The van der Waals surface area contributed by atoms with E-state index in [1.807, 2.05) is 25.1 Å². The van der Waals surface area contributed by atoms with Crippen LogP contribution in [0.15, 0.2) is 63.8 Å². The van der Waals surface area contributed by atoms with Crippen LogP contribution in [-0.4, -0.2) is 12.4 Å². The molecule has 0 bridgehead atoms. The van der Waals surface area contributed by atoms with E-state index in [-0.39, 0.29) is 12.4 Å². The summed E-state index contributed by atoms with van der Waals surface area (Å²) in [5.41, 5.74) is 1.59. The van der Waals surface area contributed by atoms with Gasteiger partial charge in [-0.3, -0.25) is 4.79 Å². The highest BCUT2D eigenvalue weighted by Gasteiger charge is 2.09. The van der Waals surface area contributed by atoms with Crippen LogP contribution < -0.4 is 10.4 Å². The summed E-state index contributed by atoms with van der Waals surface area (Å²) in [5, 5.41) is 0.803. The van der Waals surface area contributed by atoms with Crippen LogP contribution in [0.2, 0.25) is 0 Å². The Hall–Kier alpha value is -2.88. The third kappa shape index (κ3) is 2.91. The second-order valence-corrected chi connectivity index (χ2v) is 4.98. The van der Waals surface area contributed by atoms with E-state index in [4.69, 9.17) is 9.15 Å². The molecule has 3 aromatic rings. The molecule has 2 aromatic carbocycles. The van der Waals surface area contributed by atoms with Crippen molar-refractivity contribution in [3.63, 3.8) is 0 Å². The number of rotatable bonds is 4. The Kier molecular flexibility index (Phi) is 3.74. The number of carbonyl (C=O) groups excluding carboxylic acids is 1. The van der Waals surface area contributed by atoms with Crippen molar-refractivity contribution in [3.8, 4) is 5.75 Å². The molecule has 0 aliphatic carbocycles. The van der Waals surface area contributed by atoms with Crippen molar-refractivity contribution in [2.24, 2.45) is 0 Å². The minimum atomic E-state index is -0.416. The fraction of sp³-hybridized carbons (Fsp3) is 0.111. The van der Waals surface area contributed by atoms with E-state index in [0.717, 1.165) is 10.9 Å². The van der Waals surface area contributed by atoms with Crippen LogP contribution >= 0.6 is 0 Å². The molecule has 0 fully saturated rings. The second kappa shape index (κ2) is 5.85. The maximum absolute atomic E-state index is 12.2. The van der Waals surface area contributed by atoms with Gasteiger partial charge in [-0.1, -0.05) is 24.3 Å². The molecule has 110 valence electrons. The predicted octanol–water partition coefficient (Wildman–Crippen LogP) is 3.36. The number of hydrogen-bond donors (Lipinski definition) is 0. The minimum absolute atomic E-state index is 0.0621. The van der Waals surface area contributed by atoms with Gasteiger partial charge in [-0.15, -0.1) is 0 Å². The molecule has 0 atom stereocenters. The lowest BCUT2D eigenvalue weighted by Gasteiger charge is -2.07. The number of hydrogen-bond acceptors (Lipinski definition) is 4. The van der Waals surface area contributed by atoms with Crippen molar-refractivity contribution >= 4 is 16.8 Å². The second-order valence-electron chi connectivity index (χ2n) is 4.98. The van der Waals surface area contributed by atoms with Gasteiger partial charge in [0.05, 0.1) is 0 Å². The van der Waals surface area contributed by atoms with Crippen LogP contribution in [-0.2, 0) is 0 Å². The number of fused-ring (bicyclic) bond motifs is 1. The van der Waals surface area contributed by atoms with Gasteiger partial charge in [-0.25, -0.2) is 4.79 Å². The molecule has 0 saturated heterocycles. The number of ether oxygens (including phenoxy) is 1. The number of benzene rings is 2. The molecule has 0 saturated carbocycles. The number of Topliss-reactive ketones (excluding diaryl/α,β-unsaturated/α-hetero) is 1. The van der Waals surface area contributed by atoms with Gasteiger partial charge in [-0.2, -0.15) is 0 Å². The third-order valence-corrected chi connectivity index (χ3v) is 3.41. The Morgan fingerprint density at radius 3 is 2.68 bits per heavy atom. The van der Waals surface area contributed by atoms with Crippen LogP contribution in [0.5, 0.6) is 5.75 Å². The van der Waals surface area contributed by atoms with Crippen LogP contribution in [0.4, 0.5) is 0 Å². The summed E-state index contributed by atoms with van der Waals surface area (Å²) in [4.78, 5) is 23.4. The van der Waals surface area contributed by atoms with Crippen molar-refractivity contribution in [1.82, 2.24) is 0 Å². The molecule has 4 heteroatoms. The van der Waals surface area contributed by atoms with Gasteiger partial charge < -0.3 is 9.15 Å². The predicted molar refractivity (Wildman–Crippen MR) is 83.5 cm³/mol. The van der Waals surface area contributed by atoms with Gasteiger partial charge in [0.25, 0.3) is 0 Å². The van der Waals surface area contributed by atoms with Gasteiger partial charge in [0, 0.05) is 23.1 Å². The van der Waals surface area contributed by atoms with Crippen LogP contribution in [0.3, 0.4) is 0 Å². The Labute approximate surface area is 127 Å². The number of ketones is 1. The van der Waals surface area contributed by atoms with Crippen LogP contribution in [0.25, 0.3) is 11.0 Å². The zero-order valence-electron chi connectivity index (χ0n) is 12.0. The highest BCUT2D eigenvalue weighted by molar-refractivity contribution is 5.98. The first kappa shape index (κ1) is 14.1. The van der Waals surface area contributed by atoms with Crippen molar-refractivity contribution in [2.45, 2.75) is 6.92 Å². The molecule has 4 nitrogen and oxygen atoms in total. The van der Waals surface area contributed by atoms with E-state index in [2.05, 4.69) is 0 Å². The van der Waals surface area contributed by atoms with Gasteiger partial charge in [-0.05, 0) is 30.7 Å². The zero-order valence-corrected chi connectivity index (χ0v) is 12.0. The highest BCUT2D eigenvalue weighted by atomic mass is 16.5. The van der Waals surface area contributed by atoms with Gasteiger partial charge in [0.2, 0.25) is 0 Å². The summed E-state index contributed by atoms with van der Waals surface area (Å²) in [5.74, 6) is 0.400. The molecule has 3 rings (SSSR count). The summed E-state index contributed by atoms with van der Waals surface area (Å²) < 4.78 is 10.6. The summed E-state index contributed by atoms with van der Waals surface area (Å²) in [6.45, 7) is 1.82. The fourth-order valence-corrected chi connectivity index (χ4v) is 2.24. The maximum atomic E-state index is 12.2. The highest BCUT2D eigenvalue weighted by Crippen LogP contribution is 2.20. The molecule has 0 spiro atoms. The molecular formula is C18H14O4. The Balaban J connectivity index is 1.78. The van der Waals surface area contributed by atoms with Crippen LogP contribution in [0, 0.1) is 6.92 Å². The van der Waals surface area contributed by atoms with E-state index in [0.29, 0.717) is 16.9 Å². The number of carbonyl (C=O) groups is 1. The first-order valence-corrected chi connectivity index (χ1v) is 6.89. The van der Waals surface area contributed by atoms with Crippen molar-refractivity contribution in [1.29, 1.82) is 0 Å². The van der Waals surface area contributed by atoms with Crippen molar-refractivity contribution in [3.05, 3.63) is 76.1 Å². The maximum Gasteiger partial charge on any atom is 0.336 e. The molecule has 0 amide bonds. The lowest BCUT2D eigenvalue weighted by Crippen LogP contribution is -2.12. The average Bonchev–Trinajstić information content (AvgIpc) is 2.52. The molecular weight excluding hydrogens is 280 g/mol. The van der Waals surface area contributed by atoms with E-state index < -0.39 is 5.63 Å². The molecule has 0 radical (unpaired) electrons. The minimum Gasteiger partial charge on any atom is -0.485 e. The first-order valence-electron chi connectivity index (χ1n) is 6.89. The van der Waals surface area contributed by atoms with Gasteiger partial charge in [0.15, 0.2) is 12.4 Å². The molecule has 1 heterocycles. The van der Waals surface area contributed by atoms with E-state index in [1.54, 1.807) is 30.3 Å². The molecule has 1 aromatic heterocycles. The topological polar surface area (TPSA) is 56.5 Å². The zero-order chi connectivity index (χ0) is 15.5. The molecule has 22 heavy (non-hydrogen) atoms. The standard InChI is InChI=1S/C18H14O4/c1-12-4-2-3-5-15(12)16(19)11-21-14-8-6-13-7-9-18(20)22-17(13)10-14/h2-10H,11H2,1H3. The Bertz CT molecular complexity index is 893. The Morgan fingerprint density at radius 2 is 1.86 bits per heavy atom. The summed E-state index contributed by atoms with van der Waals surface area (Å²) in [6, 6.07) is 15.6. The average molecular weight is 294 g/mol. The SMILES string of the molecule is Cc1ccccc1C(=O)COc1ccc2ccc(=O)oc2c1. The van der Waals surface area contributed by atoms with E-state index in [1.165, 1.54) is 6.07 Å².